The highest BCUT2D eigenvalue weighted by atomic mass is 35.5. The van der Waals surface area contributed by atoms with Crippen molar-refractivity contribution in [1.82, 2.24) is 0 Å². The van der Waals surface area contributed by atoms with Crippen molar-refractivity contribution in [2.45, 2.75) is 26.1 Å². The summed E-state index contributed by atoms with van der Waals surface area (Å²) in [4.78, 5) is 12.1. The second-order valence-electron chi connectivity index (χ2n) is 4.66. The molecule has 1 N–H and O–H groups in total. The number of hydrogen-bond donors (Lipinski definition) is 1. The minimum atomic E-state index is -1.00. The van der Waals surface area contributed by atoms with Gasteiger partial charge in [0.15, 0.2) is 5.78 Å². The van der Waals surface area contributed by atoms with Gasteiger partial charge in [0.05, 0.1) is 5.56 Å². The second kappa shape index (κ2) is 7.25. The van der Waals surface area contributed by atoms with E-state index in [1.165, 1.54) is 0 Å². The number of halogens is 1. The molecule has 1 atom stereocenters. The number of carbonyl (C=O) groups excluding carboxylic acids is 1. The molecule has 0 amide bonds. The lowest BCUT2D eigenvalue weighted by Gasteiger charge is -2.13. The summed E-state index contributed by atoms with van der Waals surface area (Å²) >= 11 is 6.08. The van der Waals surface area contributed by atoms with Crippen molar-refractivity contribution in [3.63, 3.8) is 0 Å². The number of carbonyl (C=O) groups is 1. The van der Waals surface area contributed by atoms with Crippen LogP contribution in [0.5, 0.6) is 5.75 Å². The summed E-state index contributed by atoms with van der Waals surface area (Å²) in [6.07, 6.45) is -0.632. The summed E-state index contributed by atoms with van der Waals surface area (Å²) in [6.45, 7) is 2.03. The molecule has 2 aromatic rings. The van der Waals surface area contributed by atoms with Crippen LogP contribution in [0.1, 0.15) is 29.3 Å². The van der Waals surface area contributed by atoms with Gasteiger partial charge >= 0.3 is 0 Å². The normalized spacial score (nSPS) is 12.0. The van der Waals surface area contributed by atoms with E-state index in [4.69, 9.17) is 16.3 Å². The summed E-state index contributed by atoms with van der Waals surface area (Å²) in [5, 5.41) is 10.3. The Morgan fingerprint density at radius 1 is 1.19 bits per heavy atom. The van der Waals surface area contributed by atoms with E-state index in [1.54, 1.807) is 37.3 Å². The largest absolute Gasteiger partial charge is 0.488 e. The molecule has 110 valence electrons. The van der Waals surface area contributed by atoms with Gasteiger partial charge in [0.25, 0.3) is 0 Å². The summed E-state index contributed by atoms with van der Waals surface area (Å²) in [5.74, 6) is 0.127. The summed E-state index contributed by atoms with van der Waals surface area (Å²) in [5.41, 5.74) is 1.23. The predicted octanol–water partition coefficient (Wildman–Crippen LogP) is 3.87. The lowest BCUT2D eigenvalue weighted by molar-refractivity contribution is 0.0736. The Hall–Kier alpha value is -1.84. The molecule has 1 unspecified atom stereocenters. The van der Waals surface area contributed by atoms with Crippen molar-refractivity contribution in [3.8, 4) is 5.75 Å². The Bertz CT molecular complexity index is 625. The molecule has 2 rings (SSSR count). The van der Waals surface area contributed by atoms with E-state index in [1.807, 2.05) is 18.2 Å². The van der Waals surface area contributed by atoms with Gasteiger partial charge in [0.2, 0.25) is 0 Å². The molecule has 0 heterocycles. The third kappa shape index (κ3) is 3.84. The monoisotopic (exact) mass is 304 g/mol. The van der Waals surface area contributed by atoms with E-state index in [-0.39, 0.29) is 12.4 Å². The molecule has 0 saturated heterocycles. The number of ketones is 1. The van der Waals surface area contributed by atoms with Crippen molar-refractivity contribution >= 4 is 17.4 Å². The fraction of sp³-hybridized carbons (Fsp3) is 0.235. The number of ether oxygens (including phenoxy) is 1. The maximum absolute atomic E-state index is 12.1. The number of benzene rings is 2. The molecular weight excluding hydrogens is 288 g/mol. The Morgan fingerprint density at radius 2 is 1.86 bits per heavy atom. The van der Waals surface area contributed by atoms with Crippen LogP contribution in [0.2, 0.25) is 5.02 Å². The van der Waals surface area contributed by atoms with Gasteiger partial charge in [0.1, 0.15) is 18.5 Å². The van der Waals surface area contributed by atoms with Gasteiger partial charge in [-0.2, -0.15) is 0 Å². The zero-order valence-electron chi connectivity index (χ0n) is 11.8. The van der Waals surface area contributed by atoms with Crippen molar-refractivity contribution in [2.75, 3.05) is 0 Å². The molecular formula is C17H17ClO3. The van der Waals surface area contributed by atoms with Crippen LogP contribution in [-0.2, 0) is 6.61 Å². The van der Waals surface area contributed by atoms with E-state index < -0.39 is 6.10 Å². The minimum Gasteiger partial charge on any atom is -0.488 e. The van der Waals surface area contributed by atoms with Crippen LogP contribution in [-0.4, -0.2) is 17.0 Å². The quantitative estimate of drug-likeness (QED) is 0.824. The third-order valence-corrected chi connectivity index (χ3v) is 3.55. The highest BCUT2D eigenvalue weighted by molar-refractivity contribution is 6.31. The van der Waals surface area contributed by atoms with Crippen LogP contribution in [0.4, 0.5) is 0 Å². The van der Waals surface area contributed by atoms with Gasteiger partial charge in [0, 0.05) is 10.6 Å². The highest BCUT2D eigenvalue weighted by Gasteiger charge is 2.19. The molecule has 4 heteroatoms. The maximum Gasteiger partial charge on any atom is 0.194 e. The lowest BCUT2D eigenvalue weighted by atomic mass is 10.0. The topological polar surface area (TPSA) is 46.5 Å². The SMILES string of the molecule is CCC(O)C(=O)c1ccccc1OCc1ccccc1Cl. The second-order valence-corrected chi connectivity index (χ2v) is 5.07. The van der Waals surface area contributed by atoms with Crippen molar-refractivity contribution < 1.29 is 14.6 Å². The van der Waals surface area contributed by atoms with Crippen molar-refractivity contribution in [1.29, 1.82) is 0 Å². The lowest BCUT2D eigenvalue weighted by Crippen LogP contribution is -2.20. The van der Waals surface area contributed by atoms with Gasteiger partial charge in [-0.05, 0) is 24.6 Å². The van der Waals surface area contributed by atoms with Crippen LogP contribution in [0.3, 0.4) is 0 Å². The number of hydrogen-bond acceptors (Lipinski definition) is 3. The van der Waals surface area contributed by atoms with Crippen LogP contribution in [0, 0.1) is 0 Å². The van der Waals surface area contributed by atoms with Gasteiger partial charge in [-0.15, -0.1) is 0 Å². The Morgan fingerprint density at radius 3 is 2.57 bits per heavy atom. The zero-order valence-corrected chi connectivity index (χ0v) is 12.5. The van der Waals surface area contributed by atoms with Gasteiger partial charge in [-0.3, -0.25) is 4.79 Å². The Balaban J connectivity index is 2.17. The average Bonchev–Trinajstić information content (AvgIpc) is 2.53. The van der Waals surface area contributed by atoms with Crippen LogP contribution in [0.25, 0.3) is 0 Å². The first-order valence-corrected chi connectivity index (χ1v) is 7.18. The number of Topliss-reactive ketones (excluding diaryl/α,β-unsaturated/α-hetero) is 1. The standard InChI is InChI=1S/C17H17ClO3/c1-2-15(19)17(20)13-8-4-6-10-16(13)21-11-12-7-3-5-9-14(12)18/h3-10,15,19H,2,11H2,1H3. The molecule has 0 bridgehead atoms. The Labute approximate surface area is 129 Å². The van der Waals surface area contributed by atoms with Crippen LogP contribution >= 0.6 is 11.6 Å². The molecule has 0 spiro atoms. The van der Waals surface area contributed by atoms with E-state index in [2.05, 4.69) is 0 Å². The van der Waals surface area contributed by atoms with Gasteiger partial charge in [-0.25, -0.2) is 0 Å². The number of rotatable bonds is 6. The van der Waals surface area contributed by atoms with Crippen molar-refractivity contribution in [2.24, 2.45) is 0 Å². The molecule has 0 fully saturated rings. The first kappa shape index (κ1) is 15.5. The average molecular weight is 305 g/mol. The first-order valence-electron chi connectivity index (χ1n) is 6.81. The highest BCUT2D eigenvalue weighted by Crippen LogP contribution is 2.23. The van der Waals surface area contributed by atoms with E-state index in [0.29, 0.717) is 22.8 Å². The number of aliphatic hydroxyl groups excluding tert-OH is 1. The number of para-hydroxylation sites is 1. The van der Waals surface area contributed by atoms with Crippen LogP contribution in [0.15, 0.2) is 48.5 Å². The molecule has 0 radical (unpaired) electrons. The van der Waals surface area contributed by atoms with E-state index in [0.717, 1.165) is 5.56 Å². The molecule has 0 aromatic heterocycles. The zero-order chi connectivity index (χ0) is 15.2. The summed E-state index contributed by atoms with van der Waals surface area (Å²) in [7, 11) is 0. The van der Waals surface area contributed by atoms with E-state index >= 15 is 0 Å². The molecule has 3 nitrogen and oxygen atoms in total. The van der Waals surface area contributed by atoms with Crippen LogP contribution < -0.4 is 4.74 Å². The number of aliphatic hydroxyl groups is 1. The first-order chi connectivity index (χ1) is 10.1. The minimum absolute atomic E-state index is 0.270. The fourth-order valence-electron chi connectivity index (χ4n) is 1.93. The van der Waals surface area contributed by atoms with E-state index in [9.17, 15) is 9.90 Å². The fourth-order valence-corrected chi connectivity index (χ4v) is 2.12. The molecule has 0 aliphatic rings. The third-order valence-electron chi connectivity index (χ3n) is 3.18. The predicted molar refractivity (Wildman–Crippen MR) is 82.9 cm³/mol. The summed E-state index contributed by atoms with van der Waals surface area (Å²) in [6, 6.07) is 14.3. The summed E-state index contributed by atoms with van der Waals surface area (Å²) < 4.78 is 5.70. The van der Waals surface area contributed by atoms with Gasteiger partial charge < -0.3 is 9.84 Å². The smallest absolute Gasteiger partial charge is 0.194 e. The Kier molecular flexibility index (Phi) is 5.37. The molecule has 0 saturated carbocycles. The van der Waals surface area contributed by atoms with Crippen molar-refractivity contribution in [3.05, 3.63) is 64.7 Å². The molecule has 0 aliphatic heterocycles. The van der Waals surface area contributed by atoms with Gasteiger partial charge in [-0.1, -0.05) is 48.9 Å². The maximum atomic E-state index is 12.1. The molecule has 0 aliphatic carbocycles. The molecule has 2 aromatic carbocycles. The molecule has 21 heavy (non-hydrogen) atoms.